The van der Waals surface area contributed by atoms with Crippen molar-refractivity contribution in [1.29, 1.82) is 0 Å². The van der Waals surface area contributed by atoms with Gasteiger partial charge in [0.15, 0.2) is 0 Å². The second-order valence-corrected chi connectivity index (χ2v) is 12.0. The van der Waals surface area contributed by atoms with Gasteiger partial charge < -0.3 is 60.2 Å². The Balaban J connectivity index is 1.04. The first-order valence-corrected chi connectivity index (χ1v) is 15.4. The highest BCUT2D eigenvalue weighted by molar-refractivity contribution is 8.76. The van der Waals surface area contributed by atoms with Crippen molar-refractivity contribution in [2.24, 2.45) is 0 Å². The topological polar surface area (TPSA) is 182 Å². The SMILES string of the molecule is O[C@@H]1[C@H](Oc2ccc(NCCSSCCNc3ccc(O[C@@H]4OC[C@@H](O)[C@@H](O)[C@@H]4O)cc3)cc2)OC[C@@H](O)[C@H]1O. The molecular weight excluding hydrogens is 564 g/mol. The maximum Gasteiger partial charge on any atom is 0.228 e. The van der Waals surface area contributed by atoms with Gasteiger partial charge in [-0.2, -0.15) is 0 Å². The third kappa shape index (κ3) is 8.76. The molecule has 222 valence electrons. The van der Waals surface area contributed by atoms with Crippen LogP contribution >= 0.6 is 21.6 Å². The molecule has 2 aromatic rings. The average Bonchev–Trinajstić information content (AvgIpc) is 2.96. The molecule has 40 heavy (non-hydrogen) atoms. The quantitative estimate of drug-likeness (QED) is 0.115. The first-order valence-electron chi connectivity index (χ1n) is 12.9. The zero-order chi connectivity index (χ0) is 28.5. The Bertz CT molecular complexity index is 940. The molecular formula is C26H36N2O10S2. The lowest BCUT2D eigenvalue weighted by Gasteiger charge is -2.34. The van der Waals surface area contributed by atoms with Crippen LogP contribution in [-0.2, 0) is 9.47 Å². The first-order chi connectivity index (χ1) is 19.3. The smallest absolute Gasteiger partial charge is 0.228 e. The van der Waals surface area contributed by atoms with Crippen LogP contribution in [0.5, 0.6) is 11.5 Å². The highest BCUT2D eigenvalue weighted by Crippen LogP contribution is 2.25. The minimum absolute atomic E-state index is 0.111. The minimum Gasteiger partial charge on any atom is -0.462 e. The summed E-state index contributed by atoms with van der Waals surface area (Å²) in [6.45, 7) is 1.33. The fraction of sp³-hybridized carbons (Fsp3) is 0.538. The third-order valence-corrected chi connectivity index (χ3v) is 8.64. The molecule has 4 rings (SSSR count). The van der Waals surface area contributed by atoms with Gasteiger partial charge in [-0.3, -0.25) is 0 Å². The van der Waals surface area contributed by atoms with Crippen LogP contribution in [0.25, 0.3) is 0 Å². The number of aliphatic hydroxyl groups is 6. The van der Waals surface area contributed by atoms with Crippen molar-refractivity contribution >= 4 is 33.0 Å². The Morgan fingerprint density at radius 3 is 1.35 bits per heavy atom. The molecule has 0 radical (unpaired) electrons. The molecule has 2 saturated heterocycles. The van der Waals surface area contributed by atoms with Gasteiger partial charge in [0.1, 0.15) is 48.1 Å². The summed E-state index contributed by atoms with van der Waals surface area (Å²) in [6.07, 6.45) is -9.66. The molecule has 8 atom stereocenters. The number of hydrogen-bond donors (Lipinski definition) is 8. The molecule has 2 aliphatic rings. The number of aliphatic hydroxyl groups excluding tert-OH is 6. The summed E-state index contributed by atoms with van der Waals surface area (Å²) in [5.74, 6) is 2.77. The number of nitrogens with one attached hydrogen (secondary N) is 2. The number of anilines is 2. The maximum atomic E-state index is 9.97. The van der Waals surface area contributed by atoms with Crippen molar-refractivity contribution < 1.29 is 49.6 Å². The van der Waals surface area contributed by atoms with Crippen LogP contribution in [0, 0.1) is 0 Å². The largest absolute Gasteiger partial charge is 0.462 e. The molecule has 12 nitrogen and oxygen atoms in total. The van der Waals surface area contributed by atoms with Crippen LogP contribution in [-0.4, -0.2) is 118 Å². The second-order valence-electron chi connectivity index (χ2n) is 9.28. The predicted octanol–water partition coefficient (Wildman–Crippen LogP) is 0.228. The highest BCUT2D eigenvalue weighted by atomic mass is 33.1. The molecule has 2 fully saturated rings. The number of benzene rings is 2. The molecule has 14 heteroatoms. The van der Waals surface area contributed by atoms with Gasteiger partial charge in [-0.05, 0) is 48.5 Å². The summed E-state index contributed by atoms with van der Waals surface area (Å²) < 4.78 is 21.7. The first kappa shape index (κ1) is 31.0. The van der Waals surface area contributed by atoms with Crippen LogP contribution in [0.4, 0.5) is 11.4 Å². The molecule has 2 aromatic carbocycles. The molecule has 2 heterocycles. The fourth-order valence-corrected chi connectivity index (χ4v) is 5.74. The summed E-state index contributed by atoms with van der Waals surface area (Å²) in [6, 6.07) is 14.4. The summed E-state index contributed by atoms with van der Waals surface area (Å²) in [4.78, 5) is 0. The van der Waals surface area contributed by atoms with E-state index in [0.717, 1.165) is 36.0 Å². The molecule has 2 aliphatic heterocycles. The van der Waals surface area contributed by atoms with Gasteiger partial charge in [-0.15, -0.1) is 0 Å². The van der Waals surface area contributed by atoms with E-state index >= 15 is 0 Å². The van der Waals surface area contributed by atoms with Gasteiger partial charge in [0.05, 0.1) is 13.2 Å². The summed E-state index contributed by atoms with van der Waals surface area (Å²) in [5.41, 5.74) is 1.84. The van der Waals surface area contributed by atoms with Crippen molar-refractivity contribution in [3.8, 4) is 11.5 Å². The van der Waals surface area contributed by atoms with Crippen molar-refractivity contribution in [3.63, 3.8) is 0 Å². The van der Waals surface area contributed by atoms with Crippen molar-refractivity contribution in [3.05, 3.63) is 48.5 Å². The Morgan fingerprint density at radius 1 is 0.600 bits per heavy atom. The van der Waals surface area contributed by atoms with E-state index in [9.17, 15) is 30.6 Å². The Hall–Kier alpha value is -1.98. The van der Waals surface area contributed by atoms with E-state index in [1.807, 2.05) is 24.3 Å². The number of rotatable bonds is 13. The molecule has 0 spiro atoms. The van der Waals surface area contributed by atoms with Crippen molar-refractivity contribution in [2.45, 2.75) is 49.2 Å². The summed E-state index contributed by atoms with van der Waals surface area (Å²) in [7, 11) is 3.52. The van der Waals surface area contributed by atoms with E-state index in [1.54, 1.807) is 45.9 Å². The van der Waals surface area contributed by atoms with E-state index in [1.165, 1.54) is 0 Å². The lowest BCUT2D eigenvalue weighted by Crippen LogP contribution is -2.54. The van der Waals surface area contributed by atoms with Crippen molar-refractivity contribution in [2.75, 3.05) is 48.4 Å². The van der Waals surface area contributed by atoms with Gasteiger partial charge in [0.25, 0.3) is 0 Å². The van der Waals surface area contributed by atoms with Crippen LogP contribution < -0.4 is 20.1 Å². The molecule has 0 saturated carbocycles. The number of ether oxygens (including phenoxy) is 4. The number of hydrogen-bond acceptors (Lipinski definition) is 14. The zero-order valence-electron chi connectivity index (χ0n) is 21.6. The summed E-state index contributed by atoms with van der Waals surface area (Å²) in [5, 5.41) is 65.2. The fourth-order valence-electron chi connectivity index (χ4n) is 3.93. The Morgan fingerprint density at radius 2 is 0.975 bits per heavy atom. The molecule has 8 N–H and O–H groups in total. The van der Waals surface area contributed by atoms with Crippen LogP contribution in [0.15, 0.2) is 48.5 Å². The van der Waals surface area contributed by atoms with E-state index < -0.39 is 49.2 Å². The van der Waals surface area contributed by atoms with Gasteiger partial charge in [0, 0.05) is 36.0 Å². The molecule has 0 aliphatic carbocycles. The van der Waals surface area contributed by atoms with Crippen LogP contribution in [0.1, 0.15) is 0 Å². The second kappa shape index (κ2) is 15.3. The maximum absolute atomic E-state index is 9.97. The van der Waals surface area contributed by atoms with E-state index in [0.29, 0.717) is 11.5 Å². The van der Waals surface area contributed by atoms with Crippen LogP contribution in [0.3, 0.4) is 0 Å². The monoisotopic (exact) mass is 600 g/mol. The van der Waals surface area contributed by atoms with Gasteiger partial charge in [0.2, 0.25) is 12.6 Å². The third-order valence-electron chi connectivity index (χ3n) is 6.23. The average molecular weight is 601 g/mol. The normalized spacial score (nSPS) is 30.4. The lowest BCUT2D eigenvalue weighted by molar-refractivity contribution is -0.242. The van der Waals surface area contributed by atoms with Gasteiger partial charge in [-0.25, -0.2) is 0 Å². The molecule has 0 amide bonds. The standard InChI is InChI=1S/C26H36N2O10S2/c29-19-13-35-25(23(33)21(19)31)37-17-5-1-15(2-6-17)27-9-11-39-40-12-10-28-16-3-7-18(8-4-16)38-26-24(34)22(32)20(30)14-36-26/h1-8,19-34H,9-14H2/t19-,20-,21-,22-,23+,24+,25+,26+/m1/s1. The van der Waals surface area contributed by atoms with E-state index in [-0.39, 0.29) is 13.2 Å². The molecule has 0 aromatic heterocycles. The molecule has 0 bridgehead atoms. The van der Waals surface area contributed by atoms with Gasteiger partial charge >= 0.3 is 0 Å². The Kier molecular flexibility index (Phi) is 11.8. The van der Waals surface area contributed by atoms with Crippen molar-refractivity contribution in [1.82, 2.24) is 0 Å². The Labute approximate surface area is 240 Å². The highest BCUT2D eigenvalue weighted by Gasteiger charge is 2.40. The van der Waals surface area contributed by atoms with Gasteiger partial charge in [-0.1, -0.05) is 21.6 Å². The molecule has 0 unspecified atom stereocenters. The lowest BCUT2D eigenvalue weighted by atomic mass is 10.1. The predicted molar refractivity (Wildman–Crippen MR) is 152 cm³/mol. The summed E-state index contributed by atoms with van der Waals surface area (Å²) >= 11 is 0. The van der Waals surface area contributed by atoms with Crippen LogP contribution in [0.2, 0.25) is 0 Å². The minimum atomic E-state index is -1.34. The van der Waals surface area contributed by atoms with E-state index in [2.05, 4.69) is 10.6 Å². The van der Waals surface area contributed by atoms with E-state index in [4.69, 9.17) is 18.9 Å². The zero-order valence-corrected chi connectivity index (χ0v) is 23.2.